The van der Waals surface area contributed by atoms with Gasteiger partial charge in [0.05, 0.1) is 17.0 Å². The van der Waals surface area contributed by atoms with Crippen molar-refractivity contribution in [2.45, 2.75) is 213 Å². The fourth-order valence-electron chi connectivity index (χ4n) is 13.6. The molecule has 54 heavy (non-hydrogen) atoms. The van der Waals surface area contributed by atoms with E-state index < -0.39 is 48.1 Å². The minimum Gasteiger partial charge on any atom is -0.0693 e. The van der Waals surface area contributed by atoms with E-state index in [1.54, 1.807) is 107 Å². The van der Waals surface area contributed by atoms with Crippen LogP contribution >= 0.6 is 7.92 Å². The van der Waals surface area contributed by atoms with E-state index in [4.69, 9.17) is 0 Å². The first-order chi connectivity index (χ1) is 24.9. The van der Waals surface area contributed by atoms with Gasteiger partial charge < -0.3 is 0 Å². The van der Waals surface area contributed by atoms with Gasteiger partial charge in [0.25, 0.3) is 0 Å². The van der Waals surface area contributed by atoms with E-state index in [0.29, 0.717) is 8.57 Å². The van der Waals surface area contributed by atoms with Gasteiger partial charge >= 0.3 is 0 Å². The zero-order valence-corrected chi connectivity index (χ0v) is 45.9. The Morgan fingerprint density at radius 2 is 0.648 bits per heavy atom. The maximum Gasteiger partial charge on any atom is 0.0680 e. The molecule has 0 saturated heterocycles. The number of hydrogen-bond acceptors (Lipinski definition) is 0. The van der Waals surface area contributed by atoms with Gasteiger partial charge in [0.1, 0.15) is 0 Å². The van der Waals surface area contributed by atoms with Crippen LogP contribution in [0, 0.1) is 0 Å². The Hall–Kier alpha value is 0.834. The molecule has 0 atom stereocenters. The quantitative estimate of drug-likeness (QED) is 0.174. The fraction of sp³-hybridized carbons (Fsp3) is 0.739. The van der Waals surface area contributed by atoms with Crippen molar-refractivity contribution in [3.63, 3.8) is 0 Å². The molecule has 0 bridgehead atoms. The van der Waals surface area contributed by atoms with E-state index in [-0.39, 0.29) is 28.3 Å². The van der Waals surface area contributed by atoms with E-state index >= 15 is 0 Å². The van der Waals surface area contributed by atoms with Crippen molar-refractivity contribution in [3.05, 3.63) is 60.7 Å². The van der Waals surface area contributed by atoms with Gasteiger partial charge in [-0.25, -0.2) is 0 Å². The average Bonchev–Trinajstić information content (AvgIpc) is 3.11. The van der Waals surface area contributed by atoms with Crippen LogP contribution in [0.3, 0.4) is 0 Å². The first-order valence-electron chi connectivity index (χ1n) is 22.6. The Morgan fingerprint density at radius 1 is 0.407 bits per heavy atom. The second-order valence-electron chi connectivity index (χ2n) is 22.3. The summed E-state index contributed by atoms with van der Waals surface area (Å²) in [6, 6.07) is 24.2. The first-order valence-corrected chi connectivity index (χ1v) is 42.3. The molecule has 0 N–H and O–H groups in total. The minimum absolute atomic E-state index is 0. The van der Waals surface area contributed by atoms with Crippen LogP contribution in [0.1, 0.15) is 109 Å². The van der Waals surface area contributed by atoms with Gasteiger partial charge in [-0.2, -0.15) is 0 Å². The molecule has 1 aliphatic heterocycles. The van der Waals surface area contributed by atoms with Crippen LogP contribution in [-0.2, 0) is 20.4 Å². The van der Waals surface area contributed by atoms with Crippen molar-refractivity contribution in [3.8, 4) is 0 Å². The zero-order valence-electron chi connectivity index (χ0n) is 37.3. The van der Waals surface area contributed by atoms with E-state index in [0.717, 1.165) is 0 Å². The largest absolute Gasteiger partial charge is 0.0693 e. The van der Waals surface area contributed by atoms with Gasteiger partial charge in [-0.3, -0.25) is 0 Å². The molecule has 0 aromatic heterocycles. The molecule has 1 heterocycles. The molecule has 3 saturated carbocycles. The van der Waals surface area contributed by atoms with Crippen LogP contribution in [-0.4, -0.2) is 65.1 Å². The summed E-state index contributed by atoms with van der Waals surface area (Å²) >= 11 is 0. The molecule has 3 aliphatic carbocycles. The fourth-order valence-corrected chi connectivity index (χ4v) is 82.3. The van der Waals surface area contributed by atoms with Crippen molar-refractivity contribution < 1.29 is 20.4 Å². The van der Waals surface area contributed by atoms with Crippen LogP contribution < -0.4 is 10.4 Å². The Balaban J connectivity index is 0.000000274. The van der Waals surface area contributed by atoms with Crippen LogP contribution in [0.4, 0.5) is 0 Å². The molecule has 0 nitrogen and oxygen atoms in total. The van der Waals surface area contributed by atoms with Gasteiger partial charge in [0, 0.05) is 76.4 Å². The van der Waals surface area contributed by atoms with Gasteiger partial charge in [0.2, 0.25) is 0 Å². The Morgan fingerprint density at radius 3 is 0.870 bits per heavy atom. The van der Waals surface area contributed by atoms with E-state index in [1.165, 1.54) is 29.8 Å². The predicted molar refractivity (Wildman–Crippen MR) is 261 cm³/mol. The van der Waals surface area contributed by atoms with Crippen molar-refractivity contribution in [2.75, 3.05) is 0 Å². The smallest absolute Gasteiger partial charge is 0.0680 e. The van der Waals surface area contributed by atoms with Crippen LogP contribution in [0.25, 0.3) is 0 Å². The van der Waals surface area contributed by atoms with Crippen LogP contribution in [0.15, 0.2) is 60.7 Å². The average molecular weight is 943 g/mol. The Bertz CT molecular complexity index is 1310. The summed E-state index contributed by atoms with van der Waals surface area (Å²) in [4.78, 5) is 0. The van der Waals surface area contributed by atoms with E-state index in [9.17, 15) is 0 Å². The summed E-state index contributed by atoms with van der Waals surface area (Å²) in [5.41, 5.74) is 3.68. The molecule has 0 unspecified atom stereocenters. The molecule has 6 rings (SSSR count). The first kappa shape index (κ1) is 47.5. The summed E-state index contributed by atoms with van der Waals surface area (Å²) in [6.07, 6.45) is 26.8. The van der Waals surface area contributed by atoms with Crippen LogP contribution in [0.2, 0.25) is 87.1 Å². The molecular weight excluding hydrogens is 858 g/mol. The summed E-state index contributed by atoms with van der Waals surface area (Å²) in [7, 11) is -7.58. The topological polar surface area (TPSA) is 0 Å². The molecule has 2 aromatic rings. The Kier molecular flexibility index (Phi) is 17.1. The molecule has 0 amide bonds. The molecule has 4 aliphatic rings. The van der Waals surface area contributed by atoms with Crippen molar-refractivity contribution >= 4 is 66.4 Å². The minimum atomic E-state index is -1.48. The van der Waals surface area contributed by atoms with Gasteiger partial charge in [-0.1, -0.05) is 171 Å². The van der Waals surface area contributed by atoms with E-state index in [2.05, 4.69) is 139 Å². The second-order valence-corrected chi connectivity index (χ2v) is 57.5. The summed E-state index contributed by atoms with van der Waals surface area (Å²) < 4.78 is 1.22. The summed E-state index contributed by atoms with van der Waals surface area (Å²) in [5.74, 6) is 0. The van der Waals surface area contributed by atoms with Gasteiger partial charge in [-0.05, 0) is 96.0 Å². The molecule has 306 valence electrons. The molecule has 3 fully saturated rings. The van der Waals surface area contributed by atoms with Crippen molar-refractivity contribution in [1.82, 2.24) is 0 Å². The third-order valence-corrected chi connectivity index (χ3v) is 65.6. The summed E-state index contributed by atoms with van der Waals surface area (Å²) in [6.45, 7) is 33.0. The molecule has 8 heteroatoms. The molecule has 0 radical (unpaired) electrons. The molecule has 0 spiro atoms. The third kappa shape index (κ3) is 9.88. The second kappa shape index (κ2) is 19.5. The maximum atomic E-state index is 2.75. The molecule has 2 aromatic carbocycles. The number of benzene rings is 2. The maximum absolute atomic E-state index is 2.75. The van der Waals surface area contributed by atoms with Gasteiger partial charge in [0.15, 0.2) is 0 Å². The monoisotopic (exact) mass is 941 g/mol. The van der Waals surface area contributed by atoms with Crippen molar-refractivity contribution in [1.29, 1.82) is 0 Å². The zero-order chi connectivity index (χ0) is 38.7. The standard InChI is InChI=1S/C28H50Si6.C18H33P.Pd/c1-31(2,3)27(32(4,5)6)23-24-28(33(7,8)9,34(10,11)12)30(26-21-17-14-18-22-26)29(27)25-19-15-13-16-20-25;1-4-10-16(11-5-1)19(17-12-6-2-7-13-17)18-14-8-3-9-15-18;/h13-22H,23-24H2,1-12H3;16-18H,1-15H2;/p+1. The third-order valence-electron chi connectivity index (χ3n) is 15.5. The molecular formula is C46H84PPdSi6+. The van der Waals surface area contributed by atoms with Crippen LogP contribution in [0.5, 0.6) is 0 Å². The van der Waals surface area contributed by atoms with E-state index in [1.807, 2.05) is 0 Å². The summed E-state index contributed by atoms with van der Waals surface area (Å²) in [5, 5.41) is 3.55. The predicted octanol–water partition coefficient (Wildman–Crippen LogP) is 13.8. The van der Waals surface area contributed by atoms with Gasteiger partial charge in [-0.15, -0.1) is 0 Å². The normalized spacial score (nSPS) is 22.3. The Labute approximate surface area is 358 Å². The SMILES string of the molecule is C1CCC([PH+](C2CCCCC2)C2CCCCC2)CC1.C[Si](C)(C)C1([Si](C)(C)C)CCC([Si](C)(C)C)([Si](C)(C)C)[Si](c2ccccc2)=[Si]1c1ccccc1.[Pd]. The number of hydrogen-bond donors (Lipinski definition) is 0. The number of rotatable bonds is 9. The van der Waals surface area contributed by atoms with Crippen molar-refractivity contribution in [2.24, 2.45) is 0 Å².